The minimum Gasteiger partial charge on any atom is -0.487 e. The maximum atomic E-state index is 14.3. The molecule has 2 unspecified atom stereocenters. The van der Waals surface area contributed by atoms with E-state index in [1.54, 1.807) is 6.07 Å². The predicted molar refractivity (Wildman–Crippen MR) is 78.7 cm³/mol. The fourth-order valence-electron chi connectivity index (χ4n) is 2.75. The first-order valence-corrected chi connectivity index (χ1v) is 7.53. The Morgan fingerprint density at radius 1 is 1.40 bits per heavy atom. The van der Waals surface area contributed by atoms with Crippen LogP contribution in [0.5, 0.6) is 5.75 Å². The highest BCUT2D eigenvalue weighted by molar-refractivity contribution is 5.39. The minimum absolute atomic E-state index is 0.0573. The summed E-state index contributed by atoms with van der Waals surface area (Å²) in [5, 5.41) is 0. The highest BCUT2D eigenvalue weighted by Crippen LogP contribution is 2.30. The molecule has 1 aromatic rings. The first kappa shape index (κ1) is 15.3. The van der Waals surface area contributed by atoms with Gasteiger partial charge in [0.25, 0.3) is 0 Å². The number of hydrogen-bond acceptors (Lipinski definition) is 2. The largest absolute Gasteiger partial charge is 0.487 e. The van der Waals surface area contributed by atoms with Crippen molar-refractivity contribution in [3.8, 4) is 5.75 Å². The van der Waals surface area contributed by atoms with Crippen molar-refractivity contribution < 1.29 is 13.9 Å². The van der Waals surface area contributed by atoms with E-state index in [1.807, 2.05) is 19.9 Å². The van der Waals surface area contributed by atoms with Crippen LogP contribution in [0.25, 0.3) is 0 Å². The Kier molecular flexibility index (Phi) is 5.03. The molecule has 1 aliphatic rings. The van der Waals surface area contributed by atoms with Crippen LogP contribution in [-0.4, -0.2) is 18.8 Å². The zero-order valence-electron chi connectivity index (χ0n) is 12.9. The zero-order chi connectivity index (χ0) is 14.7. The second-order valence-electron chi connectivity index (χ2n) is 6.28. The number of benzene rings is 1. The van der Waals surface area contributed by atoms with Crippen molar-refractivity contribution in [2.45, 2.75) is 59.2 Å². The SMILES string of the molecule is Cc1cc(F)c(OC2CCOC(C)C2)c(CC(C)C)c1. The zero-order valence-corrected chi connectivity index (χ0v) is 12.9. The Morgan fingerprint density at radius 3 is 2.80 bits per heavy atom. The van der Waals surface area contributed by atoms with Crippen LogP contribution in [0.4, 0.5) is 4.39 Å². The van der Waals surface area contributed by atoms with Gasteiger partial charge in [-0.25, -0.2) is 4.39 Å². The van der Waals surface area contributed by atoms with E-state index < -0.39 is 0 Å². The van der Waals surface area contributed by atoms with Crippen molar-refractivity contribution >= 4 is 0 Å². The van der Waals surface area contributed by atoms with E-state index in [0.29, 0.717) is 18.3 Å². The molecule has 0 N–H and O–H groups in total. The third-order valence-electron chi connectivity index (χ3n) is 3.61. The molecular formula is C17H25FO2. The Morgan fingerprint density at radius 2 is 2.15 bits per heavy atom. The first-order valence-electron chi connectivity index (χ1n) is 7.53. The molecule has 1 saturated heterocycles. The molecule has 0 bridgehead atoms. The van der Waals surface area contributed by atoms with Crippen LogP contribution >= 0.6 is 0 Å². The van der Waals surface area contributed by atoms with Crippen molar-refractivity contribution in [3.05, 3.63) is 29.1 Å². The lowest BCUT2D eigenvalue weighted by Gasteiger charge is -2.29. The number of ether oxygens (including phenoxy) is 2. The fraction of sp³-hybridized carbons (Fsp3) is 0.647. The molecule has 1 heterocycles. The average molecular weight is 280 g/mol. The molecule has 2 nitrogen and oxygen atoms in total. The summed E-state index contributed by atoms with van der Waals surface area (Å²) >= 11 is 0. The highest BCUT2D eigenvalue weighted by Gasteiger charge is 2.23. The van der Waals surface area contributed by atoms with Crippen LogP contribution < -0.4 is 4.74 Å². The number of hydrogen-bond donors (Lipinski definition) is 0. The molecule has 2 atom stereocenters. The summed E-state index contributed by atoms with van der Waals surface area (Å²) in [5.74, 6) is 0.690. The van der Waals surface area contributed by atoms with Gasteiger partial charge in [-0.1, -0.05) is 19.9 Å². The predicted octanol–water partition coefficient (Wildman–Crippen LogP) is 4.28. The summed E-state index contributed by atoms with van der Waals surface area (Å²) in [6.45, 7) is 8.93. The lowest BCUT2D eigenvalue weighted by molar-refractivity contribution is -0.0264. The Balaban J connectivity index is 2.20. The van der Waals surface area contributed by atoms with Crippen LogP contribution in [0, 0.1) is 18.7 Å². The molecule has 0 aromatic heterocycles. The van der Waals surface area contributed by atoms with Crippen LogP contribution in [0.1, 0.15) is 44.7 Å². The molecule has 0 radical (unpaired) electrons. The van der Waals surface area contributed by atoms with Gasteiger partial charge in [0, 0.05) is 12.8 Å². The first-order chi connectivity index (χ1) is 9.45. The number of aryl methyl sites for hydroxylation is 1. The quantitative estimate of drug-likeness (QED) is 0.819. The summed E-state index contributed by atoms with van der Waals surface area (Å²) in [7, 11) is 0. The average Bonchev–Trinajstić information content (AvgIpc) is 2.33. The van der Waals surface area contributed by atoms with Crippen LogP contribution in [-0.2, 0) is 11.2 Å². The summed E-state index contributed by atoms with van der Waals surface area (Å²) in [5.41, 5.74) is 1.93. The molecule has 2 rings (SSSR count). The molecule has 0 saturated carbocycles. The van der Waals surface area contributed by atoms with Crippen molar-refractivity contribution in [1.29, 1.82) is 0 Å². The molecule has 1 fully saturated rings. The topological polar surface area (TPSA) is 18.5 Å². The molecule has 1 aromatic carbocycles. The minimum atomic E-state index is -0.236. The monoisotopic (exact) mass is 280 g/mol. The van der Waals surface area contributed by atoms with E-state index in [1.165, 1.54) is 0 Å². The van der Waals surface area contributed by atoms with Gasteiger partial charge in [0.1, 0.15) is 6.10 Å². The van der Waals surface area contributed by atoms with E-state index in [4.69, 9.17) is 9.47 Å². The van der Waals surface area contributed by atoms with Gasteiger partial charge in [0.05, 0.1) is 12.7 Å². The molecule has 1 aliphatic heterocycles. The van der Waals surface area contributed by atoms with E-state index in [-0.39, 0.29) is 18.0 Å². The maximum absolute atomic E-state index is 14.3. The van der Waals surface area contributed by atoms with Crippen molar-refractivity contribution in [3.63, 3.8) is 0 Å². The Labute approximate surface area is 121 Å². The van der Waals surface area contributed by atoms with Crippen molar-refractivity contribution in [2.24, 2.45) is 5.92 Å². The van der Waals surface area contributed by atoms with Gasteiger partial charge in [-0.05, 0) is 43.4 Å². The second kappa shape index (κ2) is 6.57. The molecule has 0 spiro atoms. The van der Waals surface area contributed by atoms with Crippen molar-refractivity contribution in [2.75, 3.05) is 6.61 Å². The molecule has 0 amide bonds. The lowest BCUT2D eigenvalue weighted by Crippen LogP contribution is -2.31. The van der Waals surface area contributed by atoms with E-state index in [9.17, 15) is 4.39 Å². The van der Waals surface area contributed by atoms with Gasteiger partial charge in [0.15, 0.2) is 11.6 Å². The van der Waals surface area contributed by atoms with Gasteiger partial charge in [-0.2, -0.15) is 0 Å². The standard InChI is InChI=1S/C17H25FO2/c1-11(2)7-14-8-12(3)9-16(18)17(14)20-15-5-6-19-13(4)10-15/h8-9,11,13,15H,5-7,10H2,1-4H3. The van der Waals surface area contributed by atoms with Gasteiger partial charge < -0.3 is 9.47 Å². The van der Waals surface area contributed by atoms with Gasteiger partial charge in [0.2, 0.25) is 0 Å². The van der Waals surface area contributed by atoms with E-state index >= 15 is 0 Å². The molecule has 0 aliphatic carbocycles. The summed E-state index contributed by atoms with van der Waals surface area (Å²) in [4.78, 5) is 0. The fourth-order valence-corrected chi connectivity index (χ4v) is 2.75. The van der Waals surface area contributed by atoms with Crippen molar-refractivity contribution in [1.82, 2.24) is 0 Å². The molecule has 112 valence electrons. The van der Waals surface area contributed by atoms with Gasteiger partial charge in [-0.15, -0.1) is 0 Å². The van der Waals surface area contributed by atoms with Gasteiger partial charge in [-0.3, -0.25) is 0 Å². The van der Waals surface area contributed by atoms with E-state index in [0.717, 1.165) is 30.4 Å². The number of halogens is 1. The third-order valence-corrected chi connectivity index (χ3v) is 3.61. The molecular weight excluding hydrogens is 255 g/mol. The smallest absolute Gasteiger partial charge is 0.165 e. The summed E-state index contributed by atoms with van der Waals surface area (Å²) in [6.07, 6.45) is 2.75. The third kappa shape index (κ3) is 3.95. The van der Waals surface area contributed by atoms with Crippen LogP contribution in [0.2, 0.25) is 0 Å². The van der Waals surface area contributed by atoms with E-state index in [2.05, 4.69) is 13.8 Å². The summed E-state index contributed by atoms with van der Waals surface area (Å²) < 4.78 is 25.8. The van der Waals surface area contributed by atoms with Crippen LogP contribution in [0.15, 0.2) is 12.1 Å². The Bertz CT molecular complexity index is 457. The molecule has 20 heavy (non-hydrogen) atoms. The normalized spacial score (nSPS) is 23.1. The number of rotatable bonds is 4. The lowest BCUT2D eigenvalue weighted by atomic mass is 9.99. The second-order valence-corrected chi connectivity index (χ2v) is 6.28. The molecule has 3 heteroatoms. The Hall–Kier alpha value is -1.09. The maximum Gasteiger partial charge on any atom is 0.165 e. The van der Waals surface area contributed by atoms with Gasteiger partial charge >= 0.3 is 0 Å². The summed E-state index contributed by atoms with van der Waals surface area (Å²) in [6, 6.07) is 3.60. The van der Waals surface area contributed by atoms with Crippen LogP contribution in [0.3, 0.4) is 0 Å². The highest BCUT2D eigenvalue weighted by atomic mass is 19.1.